The Morgan fingerprint density at radius 1 is 1.26 bits per heavy atom. The van der Waals surface area contributed by atoms with Crippen molar-refractivity contribution in [3.63, 3.8) is 0 Å². The molecule has 3 atom stereocenters. The van der Waals surface area contributed by atoms with E-state index in [1.807, 2.05) is 26.0 Å². The fourth-order valence-corrected chi connectivity index (χ4v) is 5.03. The molecule has 2 aliphatic carbocycles. The third-order valence-electron chi connectivity index (χ3n) is 6.51. The lowest BCUT2D eigenvalue weighted by atomic mass is 9.49. The maximum Gasteiger partial charge on any atom is 0.163 e. The summed E-state index contributed by atoms with van der Waals surface area (Å²) in [5, 5.41) is 20.4. The molecule has 0 bridgehead atoms. The van der Waals surface area contributed by atoms with Crippen molar-refractivity contribution in [1.29, 1.82) is 0 Å². The molecule has 0 radical (unpaired) electrons. The highest BCUT2D eigenvalue weighted by Crippen LogP contribution is 2.57. The molecule has 0 amide bonds. The lowest BCUT2D eigenvalue weighted by Crippen LogP contribution is -2.51. The van der Waals surface area contributed by atoms with Crippen molar-refractivity contribution in [3.05, 3.63) is 28.8 Å². The first-order valence-electron chi connectivity index (χ1n) is 8.74. The van der Waals surface area contributed by atoms with Crippen LogP contribution in [0.1, 0.15) is 80.8 Å². The zero-order valence-corrected chi connectivity index (χ0v) is 14.6. The summed E-state index contributed by atoms with van der Waals surface area (Å²) in [6.45, 7) is 8.50. The molecule has 1 fully saturated rings. The Morgan fingerprint density at radius 2 is 1.96 bits per heavy atom. The van der Waals surface area contributed by atoms with Crippen LogP contribution < -0.4 is 0 Å². The topological polar surface area (TPSA) is 57.5 Å². The average molecular weight is 316 g/mol. The summed E-state index contributed by atoms with van der Waals surface area (Å²) in [6, 6.07) is 3.74. The number of hydrogen-bond donors (Lipinski definition) is 2. The standard InChI is InChI=1S/C20H28O3/c1-12(2)13-8-14-15(9-16(13)22)20(4)7-5-6-19(3,11-21)18(20)10-17(14)23/h8-9,12,18,21-22H,5-7,10-11H2,1-4H3/t18-,19+,20+/m0/s1. The maximum absolute atomic E-state index is 12.8. The molecular weight excluding hydrogens is 288 g/mol. The van der Waals surface area contributed by atoms with Gasteiger partial charge >= 0.3 is 0 Å². The third kappa shape index (κ3) is 2.32. The molecule has 3 nitrogen and oxygen atoms in total. The average Bonchev–Trinajstić information content (AvgIpc) is 2.49. The van der Waals surface area contributed by atoms with Crippen LogP contribution in [0.5, 0.6) is 5.75 Å². The van der Waals surface area contributed by atoms with Gasteiger partial charge in [-0.25, -0.2) is 0 Å². The Balaban J connectivity index is 2.19. The molecule has 126 valence electrons. The summed E-state index contributed by atoms with van der Waals surface area (Å²) in [5.41, 5.74) is 2.26. The number of benzene rings is 1. The van der Waals surface area contributed by atoms with Gasteiger partial charge in [-0.05, 0) is 58.8 Å². The van der Waals surface area contributed by atoms with Gasteiger partial charge < -0.3 is 10.2 Å². The van der Waals surface area contributed by atoms with E-state index >= 15 is 0 Å². The minimum atomic E-state index is -0.216. The van der Waals surface area contributed by atoms with Crippen molar-refractivity contribution in [2.45, 2.75) is 64.7 Å². The largest absolute Gasteiger partial charge is 0.508 e. The Labute approximate surface area is 138 Å². The Bertz CT molecular complexity index is 649. The van der Waals surface area contributed by atoms with Crippen molar-refractivity contribution < 1.29 is 15.0 Å². The third-order valence-corrected chi connectivity index (χ3v) is 6.51. The zero-order valence-electron chi connectivity index (χ0n) is 14.6. The van der Waals surface area contributed by atoms with Crippen LogP contribution in [0.4, 0.5) is 0 Å². The van der Waals surface area contributed by atoms with Gasteiger partial charge in [0.05, 0.1) is 0 Å². The molecule has 1 aromatic rings. The van der Waals surface area contributed by atoms with Gasteiger partial charge in [0.1, 0.15) is 5.75 Å². The van der Waals surface area contributed by atoms with Gasteiger partial charge in [-0.2, -0.15) is 0 Å². The molecule has 23 heavy (non-hydrogen) atoms. The van der Waals surface area contributed by atoms with E-state index in [0.29, 0.717) is 12.2 Å². The smallest absolute Gasteiger partial charge is 0.163 e. The number of carbonyl (C=O) groups excluding carboxylic acids is 1. The van der Waals surface area contributed by atoms with E-state index in [9.17, 15) is 15.0 Å². The first-order valence-corrected chi connectivity index (χ1v) is 8.74. The second-order valence-electron chi connectivity index (χ2n) is 8.37. The predicted octanol–water partition coefficient (Wildman–Crippen LogP) is 4.16. The van der Waals surface area contributed by atoms with E-state index in [2.05, 4.69) is 13.8 Å². The van der Waals surface area contributed by atoms with Gasteiger partial charge in [0, 0.05) is 18.6 Å². The number of carbonyl (C=O) groups is 1. The van der Waals surface area contributed by atoms with Crippen LogP contribution in [-0.2, 0) is 5.41 Å². The number of aliphatic hydroxyl groups is 1. The zero-order chi connectivity index (χ0) is 17.0. The highest BCUT2D eigenvalue weighted by atomic mass is 16.3. The summed E-state index contributed by atoms with van der Waals surface area (Å²) in [4.78, 5) is 12.8. The van der Waals surface area contributed by atoms with Gasteiger partial charge in [0.25, 0.3) is 0 Å². The number of phenols is 1. The molecule has 1 aromatic carbocycles. The van der Waals surface area contributed by atoms with E-state index in [4.69, 9.17) is 0 Å². The molecule has 0 saturated heterocycles. The number of fused-ring (bicyclic) bond motifs is 3. The fraction of sp³-hybridized carbons (Fsp3) is 0.650. The van der Waals surface area contributed by atoms with Crippen LogP contribution >= 0.6 is 0 Å². The molecule has 2 aliphatic rings. The van der Waals surface area contributed by atoms with E-state index < -0.39 is 0 Å². The van der Waals surface area contributed by atoms with Crippen molar-refractivity contribution in [1.82, 2.24) is 0 Å². The minimum Gasteiger partial charge on any atom is -0.508 e. The summed E-state index contributed by atoms with van der Waals surface area (Å²) in [7, 11) is 0. The predicted molar refractivity (Wildman–Crippen MR) is 91.0 cm³/mol. The van der Waals surface area contributed by atoms with Crippen LogP contribution in [0.25, 0.3) is 0 Å². The molecule has 0 aromatic heterocycles. The van der Waals surface area contributed by atoms with Gasteiger partial charge in [-0.3, -0.25) is 4.79 Å². The highest BCUT2D eigenvalue weighted by Gasteiger charge is 2.53. The summed E-state index contributed by atoms with van der Waals surface area (Å²) in [6.07, 6.45) is 3.52. The van der Waals surface area contributed by atoms with Gasteiger partial charge in [-0.1, -0.05) is 34.1 Å². The highest BCUT2D eigenvalue weighted by molar-refractivity contribution is 6.00. The number of Topliss-reactive ketones (excluding diaryl/α,β-unsaturated/α-hetero) is 1. The molecule has 0 spiro atoms. The Kier molecular flexibility index (Phi) is 3.83. The lowest BCUT2D eigenvalue weighted by Gasteiger charge is -2.54. The molecular formula is C20H28O3. The van der Waals surface area contributed by atoms with E-state index in [1.54, 1.807) is 0 Å². The second-order valence-corrected chi connectivity index (χ2v) is 8.37. The van der Waals surface area contributed by atoms with Crippen LogP contribution in [-0.4, -0.2) is 22.6 Å². The SMILES string of the molecule is CC(C)c1cc2c(cc1O)[C@@]1(C)CCC[C@](C)(CO)[C@@H]1CC2=O. The van der Waals surface area contributed by atoms with Gasteiger partial charge in [0.15, 0.2) is 5.78 Å². The number of aliphatic hydroxyl groups excluding tert-OH is 1. The molecule has 3 heteroatoms. The van der Waals surface area contributed by atoms with Crippen molar-refractivity contribution in [2.75, 3.05) is 6.61 Å². The number of phenolic OH excluding ortho intramolecular Hbond substituents is 1. The Hall–Kier alpha value is -1.35. The van der Waals surface area contributed by atoms with Gasteiger partial charge in [-0.15, -0.1) is 0 Å². The molecule has 1 saturated carbocycles. The normalized spacial score (nSPS) is 33.5. The van der Waals surface area contributed by atoms with E-state index in [-0.39, 0.29) is 35.1 Å². The minimum absolute atomic E-state index is 0.117. The van der Waals surface area contributed by atoms with Crippen molar-refractivity contribution in [2.24, 2.45) is 11.3 Å². The van der Waals surface area contributed by atoms with Crippen LogP contribution in [0.2, 0.25) is 0 Å². The monoisotopic (exact) mass is 316 g/mol. The van der Waals surface area contributed by atoms with Crippen molar-refractivity contribution in [3.8, 4) is 5.75 Å². The first-order chi connectivity index (χ1) is 10.7. The first kappa shape index (κ1) is 16.5. The van der Waals surface area contributed by atoms with Crippen molar-refractivity contribution >= 4 is 5.78 Å². The summed E-state index contributed by atoms with van der Waals surface area (Å²) >= 11 is 0. The maximum atomic E-state index is 12.8. The fourth-order valence-electron chi connectivity index (χ4n) is 5.03. The summed E-state index contributed by atoms with van der Waals surface area (Å²) < 4.78 is 0. The second kappa shape index (κ2) is 5.34. The number of hydrogen-bond acceptors (Lipinski definition) is 3. The van der Waals surface area contributed by atoms with Crippen LogP contribution in [0.15, 0.2) is 12.1 Å². The molecule has 0 aliphatic heterocycles. The molecule has 2 N–H and O–H groups in total. The van der Waals surface area contributed by atoms with Crippen LogP contribution in [0, 0.1) is 11.3 Å². The lowest BCUT2D eigenvalue weighted by molar-refractivity contribution is -0.0142. The van der Waals surface area contributed by atoms with Gasteiger partial charge in [0.2, 0.25) is 0 Å². The van der Waals surface area contributed by atoms with E-state index in [0.717, 1.165) is 36.0 Å². The quantitative estimate of drug-likeness (QED) is 0.861. The van der Waals surface area contributed by atoms with E-state index in [1.165, 1.54) is 0 Å². The number of aromatic hydroxyl groups is 1. The molecule has 3 rings (SSSR count). The Morgan fingerprint density at radius 3 is 2.57 bits per heavy atom. The van der Waals surface area contributed by atoms with Crippen LogP contribution in [0.3, 0.4) is 0 Å². The molecule has 0 unspecified atom stereocenters. The molecule has 0 heterocycles. The number of ketones is 1. The number of rotatable bonds is 2. The summed E-state index contributed by atoms with van der Waals surface area (Å²) in [5.74, 6) is 0.779.